The van der Waals surface area contributed by atoms with E-state index in [9.17, 15) is 14.3 Å². The van der Waals surface area contributed by atoms with Crippen LogP contribution in [0.2, 0.25) is 0 Å². The van der Waals surface area contributed by atoms with Crippen molar-refractivity contribution < 1.29 is 19.0 Å². The Balaban J connectivity index is 1.70. The van der Waals surface area contributed by atoms with Gasteiger partial charge in [-0.3, -0.25) is 4.79 Å². The number of nitrogens with zero attached hydrogens (tertiary/aromatic N) is 2. The van der Waals surface area contributed by atoms with Gasteiger partial charge < -0.3 is 19.6 Å². The average molecular weight is 308 g/mol. The summed E-state index contributed by atoms with van der Waals surface area (Å²) in [6.07, 6.45) is -0.831. The molecule has 2 aliphatic rings. The van der Waals surface area contributed by atoms with E-state index in [4.69, 9.17) is 4.74 Å². The highest BCUT2D eigenvalue weighted by Gasteiger charge is 2.35. The number of hydrogen-bond acceptors (Lipinski definition) is 4. The molecule has 2 aliphatic heterocycles. The van der Waals surface area contributed by atoms with Gasteiger partial charge >= 0.3 is 0 Å². The quantitative estimate of drug-likeness (QED) is 0.907. The zero-order valence-corrected chi connectivity index (χ0v) is 12.4. The lowest BCUT2D eigenvalue weighted by atomic mass is 10.1. The van der Waals surface area contributed by atoms with Crippen LogP contribution in [0.15, 0.2) is 24.3 Å². The molecule has 2 heterocycles. The molecule has 5 nitrogen and oxygen atoms in total. The first-order valence-electron chi connectivity index (χ1n) is 7.67. The number of aliphatic hydroxyl groups excluding tert-OH is 1. The molecule has 1 amide bonds. The van der Waals surface area contributed by atoms with Gasteiger partial charge in [-0.25, -0.2) is 4.39 Å². The Kier molecular flexibility index (Phi) is 4.59. The minimum Gasteiger partial charge on any atom is -0.394 e. The summed E-state index contributed by atoms with van der Waals surface area (Å²) in [5.41, 5.74) is 1.59. The predicted octanol–water partition coefficient (Wildman–Crippen LogP) is 1.07. The van der Waals surface area contributed by atoms with Gasteiger partial charge in [-0.1, -0.05) is 0 Å². The molecule has 0 saturated carbocycles. The highest BCUT2D eigenvalue weighted by molar-refractivity contribution is 5.95. The number of morpholine rings is 1. The molecule has 2 atom stereocenters. The smallest absolute Gasteiger partial charge is 0.254 e. The van der Waals surface area contributed by atoms with Gasteiger partial charge in [0.05, 0.1) is 32.4 Å². The lowest BCUT2D eigenvalue weighted by Crippen LogP contribution is -2.38. The van der Waals surface area contributed by atoms with E-state index in [0.717, 1.165) is 18.8 Å². The number of benzene rings is 1. The first kappa shape index (κ1) is 15.2. The molecule has 0 unspecified atom stereocenters. The number of halogens is 1. The molecule has 2 saturated heterocycles. The van der Waals surface area contributed by atoms with Gasteiger partial charge in [0.25, 0.3) is 5.91 Å². The first-order chi connectivity index (χ1) is 10.7. The lowest BCUT2D eigenvalue weighted by Gasteiger charge is -2.29. The zero-order valence-electron chi connectivity index (χ0n) is 12.4. The molecule has 1 aromatic rings. The van der Waals surface area contributed by atoms with Crippen molar-refractivity contribution in [2.24, 2.45) is 0 Å². The summed E-state index contributed by atoms with van der Waals surface area (Å²) in [6, 6.07) is 6.95. The predicted molar refractivity (Wildman–Crippen MR) is 80.9 cm³/mol. The Morgan fingerprint density at radius 2 is 1.95 bits per heavy atom. The minimum absolute atomic E-state index is 0.0648. The molecule has 22 heavy (non-hydrogen) atoms. The number of ether oxygens (including phenoxy) is 1. The van der Waals surface area contributed by atoms with E-state index < -0.39 is 12.2 Å². The molecular weight excluding hydrogens is 287 g/mol. The summed E-state index contributed by atoms with van der Waals surface area (Å²) in [5.74, 6) is -0.215. The first-order valence-corrected chi connectivity index (χ1v) is 7.67. The largest absolute Gasteiger partial charge is 0.394 e. The van der Waals surface area contributed by atoms with E-state index in [-0.39, 0.29) is 25.5 Å². The van der Waals surface area contributed by atoms with Gasteiger partial charge in [-0.15, -0.1) is 0 Å². The summed E-state index contributed by atoms with van der Waals surface area (Å²) >= 11 is 0. The maximum absolute atomic E-state index is 13.5. The second-order valence-electron chi connectivity index (χ2n) is 5.77. The molecule has 1 aromatic carbocycles. The topological polar surface area (TPSA) is 53.0 Å². The van der Waals surface area contributed by atoms with Crippen molar-refractivity contribution in [1.82, 2.24) is 4.90 Å². The van der Waals surface area contributed by atoms with Crippen molar-refractivity contribution in [2.45, 2.75) is 18.6 Å². The summed E-state index contributed by atoms with van der Waals surface area (Å²) in [6.45, 7) is 2.98. The molecule has 6 heteroatoms. The normalized spacial score (nSPS) is 25.5. The van der Waals surface area contributed by atoms with Crippen LogP contribution in [0.4, 0.5) is 10.1 Å². The number of hydrogen-bond donors (Lipinski definition) is 1. The fourth-order valence-electron chi connectivity index (χ4n) is 3.08. The van der Waals surface area contributed by atoms with Crippen LogP contribution >= 0.6 is 0 Å². The number of aliphatic hydroxyl groups is 1. The maximum atomic E-state index is 13.5. The summed E-state index contributed by atoms with van der Waals surface area (Å²) in [4.78, 5) is 16.1. The molecule has 1 N–H and O–H groups in total. The summed E-state index contributed by atoms with van der Waals surface area (Å²) in [5, 5.41) is 9.29. The van der Waals surface area contributed by atoms with Crippen molar-refractivity contribution in [3.8, 4) is 0 Å². The number of anilines is 1. The van der Waals surface area contributed by atoms with E-state index in [1.807, 2.05) is 12.1 Å². The maximum Gasteiger partial charge on any atom is 0.254 e. The van der Waals surface area contributed by atoms with Crippen LogP contribution in [0.5, 0.6) is 0 Å². The number of amides is 1. The number of carbonyl (C=O) groups excluding carboxylic acids is 1. The Morgan fingerprint density at radius 1 is 1.27 bits per heavy atom. The average Bonchev–Trinajstić information content (AvgIpc) is 2.96. The molecule has 0 aromatic heterocycles. The van der Waals surface area contributed by atoms with Crippen molar-refractivity contribution in [2.75, 3.05) is 44.4 Å². The van der Waals surface area contributed by atoms with Crippen LogP contribution in [0.3, 0.4) is 0 Å². The Bertz CT molecular complexity index is 517. The Hall–Kier alpha value is -1.66. The third-order valence-corrected chi connectivity index (χ3v) is 4.33. The van der Waals surface area contributed by atoms with Crippen molar-refractivity contribution in [1.29, 1.82) is 0 Å². The van der Waals surface area contributed by atoms with Crippen molar-refractivity contribution >= 4 is 11.6 Å². The molecule has 0 spiro atoms. The monoisotopic (exact) mass is 308 g/mol. The van der Waals surface area contributed by atoms with Crippen LogP contribution in [-0.2, 0) is 4.74 Å². The lowest BCUT2D eigenvalue weighted by molar-refractivity contribution is 0.0673. The molecule has 3 rings (SSSR count). The van der Waals surface area contributed by atoms with Crippen LogP contribution < -0.4 is 4.90 Å². The SMILES string of the molecule is O=C(c1ccc(N2CCOCC2)cc1)N1C[C@@H](F)C[C@H]1CO. The van der Waals surface area contributed by atoms with Gasteiger partial charge in [0, 0.05) is 30.8 Å². The zero-order chi connectivity index (χ0) is 15.5. The van der Waals surface area contributed by atoms with Crippen LogP contribution in [0.1, 0.15) is 16.8 Å². The standard InChI is InChI=1S/C16H21FN2O3/c17-13-9-15(11-20)19(10-13)16(21)12-1-3-14(4-2-12)18-5-7-22-8-6-18/h1-4,13,15,20H,5-11H2/t13-,15-/m0/s1. The molecule has 120 valence electrons. The fraction of sp³-hybridized carbons (Fsp3) is 0.562. The van der Waals surface area contributed by atoms with Gasteiger partial charge in [0.15, 0.2) is 0 Å². The second kappa shape index (κ2) is 6.62. The van der Waals surface area contributed by atoms with Crippen LogP contribution in [0.25, 0.3) is 0 Å². The molecule has 0 bridgehead atoms. The Morgan fingerprint density at radius 3 is 2.59 bits per heavy atom. The third-order valence-electron chi connectivity index (χ3n) is 4.33. The Labute approximate surface area is 129 Å². The summed E-state index contributed by atoms with van der Waals surface area (Å²) in [7, 11) is 0. The second-order valence-corrected chi connectivity index (χ2v) is 5.77. The molecule has 0 aliphatic carbocycles. The minimum atomic E-state index is -1.05. The van der Waals surface area contributed by atoms with Gasteiger partial charge in [0.2, 0.25) is 0 Å². The molecule has 2 fully saturated rings. The highest BCUT2D eigenvalue weighted by Crippen LogP contribution is 2.24. The summed E-state index contributed by atoms with van der Waals surface area (Å²) < 4.78 is 18.8. The third kappa shape index (κ3) is 3.08. The van der Waals surface area contributed by atoms with Gasteiger partial charge in [0.1, 0.15) is 6.17 Å². The van der Waals surface area contributed by atoms with E-state index >= 15 is 0 Å². The van der Waals surface area contributed by atoms with Crippen molar-refractivity contribution in [3.63, 3.8) is 0 Å². The number of carbonyl (C=O) groups is 1. The number of likely N-dealkylation sites (tertiary alicyclic amines) is 1. The van der Waals surface area contributed by atoms with Gasteiger partial charge in [-0.2, -0.15) is 0 Å². The van der Waals surface area contributed by atoms with Crippen molar-refractivity contribution in [3.05, 3.63) is 29.8 Å². The number of rotatable bonds is 3. The molecular formula is C16H21FN2O3. The van der Waals surface area contributed by atoms with E-state index in [1.165, 1.54) is 4.90 Å². The van der Waals surface area contributed by atoms with E-state index in [2.05, 4.69) is 4.90 Å². The van der Waals surface area contributed by atoms with Crippen LogP contribution in [0, 0.1) is 0 Å². The van der Waals surface area contributed by atoms with E-state index in [1.54, 1.807) is 12.1 Å². The van der Waals surface area contributed by atoms with E-state index in [0.29, 0.717) is 18.8 Å². The fourth-order valence-corrected chi connectivity index (χ4v) is 3.08. The van der Waals surface area contributed by atoms with Gasteiger partial charge in [-0.05, 0) is 24.3 Å². The molecule has 0 radical (unpaired) electrons. The highest BCUT2D eigenvalue weighted by atomic mass is 19.1. The van der Waals surface area contributed by atoms with Crippen LogP contribution in [-0.4, -0.2) is 67.6 Å². The number of alkyl halides is 1.